The summed E-state index contributed by atoms with van der Waals surface area (Å²) in [6.07, 6.45) is 2.15. The number of carboxylic acid groups (broad SMARTS) is 1. The maximum Gasteiger partial charge on any atom is 0.337 e. The third-order valence-electron chi connectivity index (χ3n) is 3.16. The van der Waals surface area contributed by atoms with Gasteiger partial charge < -0.3 is 16.2 Å². The molecule has 1 aliphatic carbocycles. The molecule has 1 saturated carbocycles. The number of benzene rings is 1. The highest BCUT2D eigenvalue weighted by molar-refractivity contribution is 6.31. The maximum atomic E-state index is 11.9. The zero-order chi connectivity index (χ0) is 13.3. The maximum absolute atomic E-state index is 11.9. The third-order valence-corrected chi connectivity index (χ3v) is 3.39. The first-order valence-electron chi connectivity index (χ1n) is 5.55. The number of carbonyl (C=O) groups is 2. The highest BCUT2D eigenvalue weighted by Gasteiger charge is 2.40. The van der Waals surface area contributed by atoms with Crippen LogP contribution in [0.1, 0.15) is 29.6 Å². The number of nitrogens with two attached hydrogens (primary N) is 1. The van der Waals surface area contributed by atoms with Crippen molar-refractivity contribution >= 4 is 29.2 Å². The minimum atomic E-state index is -1.15. The minimum absolute atomic E-state index is 0.0428. The third kappa shape index (κ3) is 2.32. The first-order chi connectivity index (χ1) is 8.42. The molecule has 0 aromatic heterocycles. The SMILES string of the molecule is NC1(C(=O)Nc2ccc(Cl)cc2C(=O)O)CCC1. The van der Waals surface area contributed by atoms with Gasteiger partial charge in [0.1, 0.15) is 0 Å². The van der Waals surface area contributed by atoms with Crippen LogP contribution in [-0.4, -0.2) is 22.5 Å². The van der Waals surface area contributed by atoms with Crippen LogP contribution in [0.5, 0.6) is 0 Å². The molecule has 1 fully saturated rings. The molecule has 0 bridgehead atoms. The van der Waals surface area contributed by atoms with Gasteiger partial charge in [0.2, 0.25) is 5.91 Å². The van der Waals surface area contributed by atoms with E-state index in [2.05, 4.69) is 5.32 Å². The molecule has 0 unspecified atom stereocenters. The van der Waals surface area contributed by atoms with E-state index in [9.17, 15) is 9.59 Å². The highest BCUT2D eigenvalue weighted by Crippen LogP contribution is 2.31. The van der Waals surface area contributed by atoms with Gasteiger partial charge in [-0.2, -0.15) is 0 Å². The zero-order valence-corrected chi connectivity index (χ0v) is 10.3. The number of nitrogens with one attached hydrogen (secondary N) is 1. The number of rotatable bonds is 3. The Morgan fingerprint density at radius 2 is 2.06 bits per heavy atom. The lowest BCUT2D eigenvalue weighted by atomic mass is 9.77. The van der Waals surface area contributed by atoms with Crippen molar-refractivity contribution < 1.29 is 14.7 Å². The lowest BCUT2D eigenvalue weighted by Crippen LogP contribution is -2.56. The quantitative estimate of drug-likeness (QED) is 0.780. The molecule has 1 amide bonds. The van der Waals surface area contributed by atoms with Gasteiger partial charge in [-0.3, -0.25) is 4.79 Å². The first-order valence-corrected chi connectivity index (χ1v) is 5.93. The van der Waals surface area contributed by atoms with E-state index in [4.69, 9.17) is 22.4 Å². The number of aromatic carboxylic acids is 1. The van der Waals surface area contributed by atoms with Crippen molar-refractivity contribution in [2.75, 3.05) is 5.32 Å². The van der Waals surface area contributed by atoms with Gasteiger partial charge in [-0.15, -0.1) is 0 Å². The van der Waals surface area contributed by atoms with Crippen molar-refractivity contribution in [3.63, 3.8) is 0 Å². The van der Waals surface area contributed by atoms with Gasteiger partial charge in [0.15, 0.2) is 0 Å². The lowest BCUT2D eigenvalue weighted by Gasteiger charge is -2.36. The first kappa shape index (κ1) is 12.9. The molecule has 1 aromatic rings. The standard InChI is InChI=1S/C12H13ClN2O3/c13-7-2-3-9(8(6-7)10(16)17)15-11(18)12(14)4-1-5-12/h2-3,6H,1,4-5,14H2,(H,15,18)(H,16,17). The fourth-order valence-electron chi connectivity index (χ4n) is 1.83. The van der Waals surface area contributed by atoms with Crippen LogP contribution in [0.4, 0.5) is 5.69 Å². The molecule has 0 spiro atoms. The van der Waals surface area contributed by atoms with Gasteiger partial charge in [0.05, 0.1) is 16.8 Å². The van der Waals surface area contributed by atoms with E-state index in [1.807, 2.05) is 0 Å². The fourth-order valence-corrected chi connectivity index (χ4v) is 2.01. The predicted octanol–water partition coefficient (Wildman–Crippen LogP) is 1.86. The van der Waals surface area contributed by atoms with Crippen LogP contribution in [0, 0.1) is 0 Å². The van der Waals surface area contributed by atoms with Crippen molar-refractivity contribution in [1.82, 2.24) is 0 Å². The number of halogens is 1. The Morgan fingerprint density at radius 3 is 2.56 bits per heavy atom. The summed E-state index contributed by atoms with van der Waals surface area (Å²) in [4.78, 5) is 23.0. The predicted molar refractivity (Wildman–Crippen MR) is 67.8 cm³/mol. The molecule has 0 atom stereocenters. The normalized spacial score (nSPS) is 16.8. The molecule has 1 aliphatic rings. The van der Waals surface area contributed by atoms with Gasteiger partial charge in [-0.05, 0) is 37.5 Å². The monoisotopic (exact) mass is 268 g/mol. The van der Waals surface area contributed by atoms with Crippen LogP contribution in [0.3, 0.4) is 0 Å². The summed E-state index contributed by atoms with van der Waals surface area (Å²) in [5, 5.41) is 11.9. The van der Waals surface area contributed by atoms with E-state index < -0.39 is 11.5 Å². The van der Waals surface area contributed by atoms with E-state index in [0.717, 1.165) is 6.42 Å². The Balaban J connectivity index is 2.23. The molecule has 6 heteroatoms. The van der Waals surface area contributed by atoms with Crippen LogP contribution in [0.25, 0.3) is 0 Å². The van der Waals surface area contributed by atoms with Gasteiger partial charge in [-0.25, -0.2) is 4.79 Å². The molecule has 0 radical (unpaired) electrons. The van der Waals surface area contributed by atoms with Crippen LogP contribution >= 0.6 is 11.6 Å². The van der Waals surface area contributed by atoms with Crippen LogP contribution < -0.4 is 11.1 Å². The topological polar surface area (TPSA) is 92.4 Å². The average Bonchev–Trinajstić information content (AvgIpc) is 2.27. The number of anilines is 1. The summed E-state index contributed by atoms with van der Waals surface area (Å²) in [6.45, 7) is 0. The summed E-state index contributed by atoms with van der Waals surface area (Å²) < 4.78 is 0. The molecule has 2 rings (SSSR count). The van der Waals surface area contributed by atoms with E-state index >= 15 is 0 Å². The Bertz CT molecular complexity index is 512. The second kappa shape index (κ2) is 4.59. The molecular formula is C12H13ClN2O3. The van der Waals surface area contributed by atoms with Crippen LogP contribution in [0.15, 0.2) is 18.2 Å². The molecular weight excluding hydrogens is 256 g/mol. The van der Waals surface area contributed by atoms with Crippen molar-refractivity contribution in [2.45, 2.75) is 24.8 Å². The Kier molecular flexibility index (Phi) is 3.28. The number of carboxylic acids is 1. The van der Waals surface area contributed by atoms with Crippen molar-refractivity contribution in [3.05, 3.63) is 28.8 Å². The molecule has 1 aromatic carbocycles. The van der Waals surface area contributed by atoms with Gasteiger partial charge in [0, 0.05) is 5.02 Å². The summed E-state index contributed by atoms with van der Waals surface area (Å²) in [5.41, 5.74) is 5.17. The number of hydrogen-bond acceptors (Lipinski definition) is 3. The fraction of sp³-hybridized carbons (Fsp3) is 0.333. The molecule has 4 N–H and O–H groups in total. The van der Waals surface area contributed by atoms with E-state index in [0.29, 0.717) is 17.9 Å². The number of carbonyl (C=O) groups excluding carboxylic acids is 1. The van der Waals surface area contributed by atoms with Crippen molar-refractivity contribution in [3.8, 4) is 0 Å². The largest absolute Gasteiger partial charge is 0.478 e. The molecule has 5 nitrogen and oxygen atoms in total. The zero-order valence-electron chi connectivity index (χ0n) is 9.57. The summed E-state index contributed by atoms with van der Waals surface area (Å²) >= 11 is 5.73. The summed E-state index contributed by atoms with van der Waals surface area (Å²) in [6, 6.07) is 4.28. The molecule has 18 heavy (non-hydrogen) atoms. The van der Waals surface area contributed by atoms with Crippen LogP contribution in [-0.2, 0) is 4.79 Å². The van der Waals surface area contributed by atoms with E-state index in [-0.39, 0.29) is 17.2 Å². The van der Waals surface area contributed by atoms with Gasteiger partial charge in [-0.1, -0.05) is 11.6 Å². The van der Waals surface area contributed by atoms with Gasteiger partial charge >= 0.3 is 5.97 Å². The minimum Gasteiger partial charge on any atom is -0.478 e. The Morgan fingerprint density at radius 1 is 1.39 bits per heavy atom. The van der Waals surface area contributed by atoms with E-state index in [1.54, 1.807) is 0 Å². The van der Waals surface area contributed by atoms with Crippen molar-refractivity contribution in [1.29, 1.82) is 0 Å². The van der Waals surface area contributed by atoms with Gasteiger partial charge in [0.25, 0.3) is 0 Å². The summed E-state index contributed by atoms with van der Waals surface area (Å²) in [7, 11) is 0. The number of amides is 1. The van der Waals surface area contributed by atoms with Crippen LogP contribution in [0.2, 0.25) is 5.02 Å². The number of hydrogen-bond donors (Lipinski definition) is 3. The Hall–Kier alpha value is -1.59. The highest BCUT2D eigenvalue weighted by atomic mass is 35.5. The average molecular weight is 269 g/mol. The molecule has 0 heterocycles. The smallest absolute Gasteiger partial charge is 0.337 e. The molecule has 96 valence electrons. The Labute approximate surface area is 109 Å². The van der Waals surface area contributed by atoms with E-state index in [1.165, 1.54) is 18.2 Å². The second-order valence-corrected chi connectivity index (χ2v) is 4.90. The summed E-state index contributed by atoms with van der Waals surface area (Å²) in [5.74, 6) is -1.49. The molecule has 0 aliphatic heterocycles. The molecule has 0 saturated heterocycles. The lowest BCUT2D eigenvalue weighted by molar-refractivity contribution is -0.123. The van der Waals surface area contributed by atoms with Crippen molar-refractivity contribution in [2.24, 2.45) is 5.73 Å². The second-order valence-electron chi connectivity index (χ2n) is 4.46.